The van der Waals surface area contributed by atoms with Crippen LogP contribution in [0.2, 0.25) is 0 Å². The van der Waals surface area contributed by atoms with Gasteiger partial charge in [0.2, 0.25) is 5.91 Å². The maximum atomic E-state index is 11.9. The van der Waals surface area contributed by atoms with Crippen molar-refractivity contribution in [2.45, 2.75) is 46.6 Å². The number of aliphatic carboxylic acids is 1. The van der Waals surface area contributed by atoms with Gasteiger partial charge in [0.1, 0.15) is 0 Å². The van der Waals surface area contributed by atoms with Gasteiger partial charge in [-0.25, -0.2) is 0 Å². The molecule has 1 saturated carbocycles. The number of amides is 1. The molecule has 0 aromatic heterocycles. The number of carbonyl (C=O) groups is 2. The van der Waals surface area contributed by atoms with Crippen LogP contribution in [0.25, 0.3) is 0 Å². The zero-order valence-electron chi connectivity index (χ0n) is 10.4. The first-order chi connectivity index (χ1) is 7.36. The molecule has 16 heavy (non-hydrogen) atoms. The molecule has 4 nitrogen and oxygen atoms in total. The third-order valence-electron chi connectivity index (χ3n) is 3.71. The first kappa shape index (κ1) is 13.0. The summed E-state index contributed by atoms with van der Waals surface area (Å²) in [5, 5.41) is 11.9. The second-order valence-electron chi connectivity index (χ2n) is 5.14. The molecular weight excluding hydrogens is 206 g/mol. The Labute approximate surface area is 96.4 Å². The molecule has 0 spiro atoms. The topological polar surface area (TPSA) is 66.4 Å². The molecular formula is C12H21NO3. The number of rotatable bonds is 5. The highest BCUT2D eigenvalue weighted by atomic mass is 16.4. The highest BCUT2D eigenvalue weighted by molar-refractivity contribution is 5.91. The van der Waals surface area contributed by atoms with Crippen molar-refractivity contribution in [2.24, 2.45) is 17.3 Å². The van der Waals surface area contributed by atoms with Gasteiger partial charge in [-0.15, -0.1) is 0 Å². The van der Waals surface area contributed by atoms with Crippen molar-refractivity contribution in [2.75, 3.05) is 0 Å². The Hall–Kier alpha value is -1.06. The Kier molecular flexibility index (Phi) is 3.61. The van der Waals surface area contributed by atoms with E-state index in [0.717, 1.165) is 12.8 Å². The van der Waals surface area contributed by atoms with Crippen molar-refractivity contribution in [1.82, 2.24) is 5.32 Å². The van der Waals surface area contributed by atoms with Crippen molar-refractivity contribution in [3.8, 4) is 0 Å². The average molecular weight is 227 g/mol. The second kappa shape index (κ2) is 4.44. The predicted octanol–water partition coefficient (Wildman–Crippen LogP) is 1.65. The van der Waals surface area contributed by atoms with Gasteiger partial charge in [0.15, 0.2) is 0 Å². The molecule has 0 aromatic carbocycles. The summed E-state index contributed by atoms with van der Waals surface area (Å²) in [7, 11) is 0. The van der Waals surface area contributed by atoms with Gasteiger partial charge in [-0.2, -0.15) is 0 Å². The van der Waals surface area contributed by atoms with Crippen LogP contribution in [0.4, 0.5) is 0 Å². The number of carboxylic acids is 1. The van der Waals surface area contributed by atoms with Gasteiger partial charge < -0.3 is 10.4 Å². The van der Waals surface area contributed by atoms with Gasteiger partial charge in [-0.3, -0.25) is 9.59 Å². The molecule has 0 bridgehead atoms. The van der Waals surface area contributed by atoms with E-state index in [1.54, 1.807) is 0 Å². The second-order valence-corrected chi connectivity index (χ2v) is 5.14. The molecule has 1 aliphatic rings. The van der Waals surface area contributed by atoms with Crippen molar-refractivity contribution in [1.29, 1.82) is 0 Å². The fourth-order valence-corrected chi connectivity index (χ4v) is 2.37. The fraction of sp³-hybridized carbons (Fsp3) is 0.833. The van der Waals surface area contributed by atoms with Crippen molar-refractivity contribution >= 4 is 11.9 Å². The molecule has 0 aliphatic heterocycles. The SMILES string of the molecule is CCC(CC)NC(=O)C1C(C(=O)O)C1(C)C. The maximum absolute atomic E-state index is 11.9. The maximum Gasteiger partial charge on any atom is 0.307 e. The van der Waals surface area contributed by atoms with Crippen LogP contribution in [0.1, 0.15) is 40.5 Å². The number of carboxylic acid groups (broad SMARTS) is 1. The summed E-state index contributed by atoms with van der Waals surface area (Å²) in [6, 6.07) is 0.165. The van der Waals surface area contributed by atoms with Crippen LogP contribution in [0.3, 0.4) is 0 Å². The van der Waals surface area contributed by atoms with E-state index in [-0.39, 0.29) is 17.9 Å². The van der Waals surface area contributed by atoms with Crippen molar-refractivity contribution in [3.63, 3.8) is 0 Å². The third kappa shape index (κ3) is 2.20. The van der Waals surface area contributed by atoms with E-state index in [1.807, 2.05) is 27.7 Å². The monoisotopic (exact) mass is 227 g/mol. The fourth-order valence-electron chi connectivity index (χ4n) is 2.37. The largest absolute Gasteiger partial charge is 0.481 e. The van der Waals surface area contributed by atoms with Crippen molar-refractivity contribution in [3.05, 3.63) is 0 Å². The van der Waals surface area contributed by atoms with E-state index >= 15 is 0 Å². The van der Waals surface area contributed by atoms with E-state index in [4.69, 9.17) is 5.11 Å². The number of carbonyl (C=O) groups excluding carboxylic acids is 1. The van der Waals surface area contributed by atoms with Gasteiger partial charge in [0, 0.05) is 6.04 Å². The predicted molar refractivity (Wildman–Crippen MR) is 60.9 cm³/mol. The van der Waals surface area contributed by atoms with Crippen LogP contribution in [0.15, 0.2) is 0 Å². The summed E-state index contributed by atoms with van der Waals surface area (Å²) in [4.78, 5) is 22.8. The number of nitrogens with one attached hydrogen (secondary N) is 1. The number of hydrogen-bond acceptors (Lipinski definition) is 2. The third-order valence-corrected chi connectivity index (χ3v) is 3.71. The van der Waals surface area contributed by atoms with E-state index < -0.39 is 17.3 Å². The van der Waals surface area contributed by atoms with Crippen molar-refractivity contribution < 1.29 is 14.7 Å². The lowest BCUT2D eigenvalue weighted by Gasteiger charge is -2.15. The molecule has 92 valence electrons. The van der Waals surface area contributed by atoms with Crippen LogP contribution in [0, 0.1) is 17.3 Å². The minimum atomic E-state index is -0.866. The highest BCUT2D eigenvalue weighted by Gasteiger charge is 2.65. The molecule has 2 atom stereocenters. The lowest BCUT2D eigenvalue weighted by atomic mass is 10.1. The zero-order valence-corrected chi connectivity index (χ0v) is 10.4. The Morgan fingerprint density at radius 3 is 2.06 bits per heavy atom. The van der Waals surface area contributed by atoms with E-state index in [2.05, 4.69) is 5.32 Å². The quantitative estimate of drug-likeness (QED) is 0.750. The minimum absolute atomic E-state index is 0.105. The van der Waals surface area contributed by atoms with Gasteiger partial charge in [0.25, 0.3) is 0 Å². The summed E-state index contributed by atoms with van der Waals surface area (Å²) >= 11 is 0. The van der Waals surface area contributed by atoms with Crippen LogP contribution in [-0.2, 0) is 9.59 Å². The highest BCUT2D eigenvalue weighted by Crippen LogP contribution is 2.58. The molecule has 1 amide bonds. The standard InChI is InChI=1S/C12H21NO3/c1-5-7(6-2)13-10(14)8-9(11(15)16)12(8,3)4/h7-9H,5-6H2,1-4H3,(H,13,14)(H,15,16). The molecule has 1 fully saturated rings. The van der Waals surface area contributed by atoms with Gasteiger partial charge in [-0.1, -0.05) is 27.7 Å². The molecule has 0 saturated heterocycles. The van der Waals surface area contributed by atoms with Gasteiger partial charge in [-0.05, 0) is 18.3 Å². The Morgan fingerprint density at radius 2 is 1.75 bits per heavy atom. The zero-order chi connectivity index (χ0) is 12.5. The summed E-state index contributed by atoms with van der Waals surface area (Å²) in [6.45, 7) is 7.70. The first-order valence-electron chi connectivity index (χ1n) is 5.89. The molecule has 4 heteroatoms. The molecule has 0 radical (unpaired) electrons. The molecule has 2 unspecified atom stereocenters. The summed E-state index contributed by atoms with van der Waals surface area (Å²) in [6.07, 6.45) is 1.76. The minimum Gasteiger partial charge on any atom is -0.481 e. The van der Waals surface area contributed by atoms with Crippen LogP contribution >= 0.6 is 0 Å². The van der Waals surface area contributed by atoms with E-state index in [9.17, 15) is 9.59 Å². The summed E-state index contributed by atoms with van der Waals surface area (Å²) in [5.41, 5.74) is -0.401. The molecule has 2 N–H and O–H groups in total. The molecule has 1 rings (SSSR count). The Bertz CT molecular complexity index is 295. The van der Waals surface area contributed by atoms with Gasteiger partial charge in [0.05, 0.1) is 11.8 Å². The van der Waals surface area contributed by atoms with Crippen LogP contribution in [-0.4, -0.2) is 23.0 Å². The van der Waals surface area contributed by atoms with Crippen LogP contribution in [0.5, 0.6) is 0 Å². The lowest BCUT2D eigenvalue weighted by Crippen LogP contribution is -2.36. The normalized spacial score (nSPS) is 26.6. The number of hydrogen-bond donors (Lipinski definition) is 2. The smallest absolute Gasteiger partial charge is 0.307 e. The molecule has 1 aliphatic carbocycles. The lowest BCUT2D eigenvalue weighted by molar-refractivity contribution is -0.140. The van der Waals surface area contributed by atoms with E-state index in [1.165, 1.54) is 0 Å². The summed E-state index contributed by atoms with van der Waals surface area (Å²) in [5.74, 6) is -1.87. The van der Waals surface area contributed by atoms with E-state index in [0.29, 0.717) is 0 Å². The Balaban J connectivity index is 2.60. The first-order valence-corrected chi connectivity index (χ1v) is 5.89. The summed E-state index contributed by atoms with van der Waals surface area (Å²) < 4.78 is 0. The van der Waals surface area contributed by atoms with Gasteiger partial charge >= 0.3 is 5.97 Å². The molecule has 0 heterocycles. The van der Waals surface area contributed by atoms with Crippen LogP contribution < -0.4 is 5.32 Å². The Morgan fingerprint density at radius 1 is 1.25 bits per heavy atom. The molecule has 0 aromatic rings. The average Bonchev–Trinajstić information content (AvgIpc) is 2.78.